The number of unbranched alkanes of at least 4 members (excludes halogenated alkanes) is 9. The van der Waals surface area contributed by atoms with Crippen LogP contribution in [0.3, 0.4) is 0 Å². The van der Waals surface area contributed by atoms with Gasteiger partial charge >= 0.3 is 0 Å². The minimum absolute atomic E-state index is 0.143. The molecular formula is C27H40N2O2. The molecule has 2 aromatic carbocycles. The van der Waals surface area contributed by atoms with Crippen molar-refractivity contribution in [2.24, 2.45) is 10.2 Å². The Labute approximate surface area is 188 Å². The summed E-state index contributed by atoms with van der Waals surface area (Å²) >= 11 is 0. The molecule has 4 heteroatoms. The Morgan fingerprint density at radius 1 is 0.645 bits per heavy atom. The number of hydrogen-bond acceptors (Lipinski definition) is 4. The number of aryl methyl sites for hydroxylation is 1. The summed E-state index contributed by atoms with van der Waals surface area (Å²) in [6, 6.07) is 15.9. The highest BCUT2D eigenvalue weighted by Gasteiger charge is 1.98. The lowest BCUT2D eigenvalue weighted by atomic mass is 10.0. The molecule has 31 heavy (non-hydrogen) atoms. The predicted octanol–water partition coefficient (Wildman–Crippen LogP) is 8.33. The van der Waals surface area contributed by atoms with E-state index in [1.807, 2.05) is 36.4 Å². The van der Waals surface area contributed by atoms with E-state index < -0.39 is 0 Å². The summed E-state index contributed by atoms with van der Waals surface area (Å²) in [6.45, 7) is 2.93. The first kappa shape index (κ1) is 25.1. The van der Waals surface area contributed by atoms with Gasteiger partial charge in [0.25, 0.3) is 0 Å². The lowest BCUT2D eigenvalue weighted by molar-refractivity contribution is 0.233. The summed E-state index contributed by atoms with van der Waals surface area (Å²) in [4.78, 5) is 0. The van der Waals surface area contributed by atoms with Crippen molar-refractivity contribution in [2.45, 2.75) is 84.0 Å². The van der Waals surface area contributed by atoms with Crippen LogP contribution in [0.4, 0.5) is 11.4 Å². The van der Waals surface area contributed by atoms with Gasteiger partial charge in [-0.3, -0.25) is 0 Å². The molecule has 0 unspecified atom stereocenters. The SMILES string of the molecule is CCCCCCCCCCCCc1ccc(N=Nc2ccc(OCCCO)cc2)cc1. The van der Waals surface area contributed by atoms with E-state index in [1.165, 1.54) is 69.8 Å². The van der Waals surface area contributed by atoms with Crippen LogP contribution in [0.1, 0.15) is 83.1 Å². The second-order valence-corrected chi connectivity index (χ2v) is 8.22. The average Bonchev–Trinajstić information content (AvgIpc) is 2.81. The first-order valence-electron chi connectivity index (χ1n) is 12.2. The van der Waals surface area contributed by atoms with Crippen LogP contribution in [-0.4, -0.2) is 18.3 Å². The van der Waals surface area contributed by atoms with Crippen LogP contribution >= 0.6 is 0 Å². The third-order valence-corrected chi connectivity index (χ3v) is 5.44. The smallest absolute Gasteiger partial charge is 0.119 e. The van der Waals surface area contributed by atoms with E-state index >= 15 is 0 Å². The standard InChI is InChI=1S/C27H40N2O2/c1-2-3-4-5-6-7-8-9-10-11-13-24-14-16-25(17-15-24)28-29-26-18-20-27(21-19-26)31-23-12-22-30/h14-21,30H,2-13,22-23H2,1H3. The van der Waals surface area contributed by atoms with Gasteiger partial charge in [0.1, 0.15) is 5.75 Å². The van der Waals surface area contributed by atoms with Gasteiger partial charge in [-0.2, -0.15) is 10.2 Å². The van der Waals surface area contributed by atoms with Crippen molar-refractivity contribution in [3.05, 3.63) is 54.1 Å². The molecule has 0 saturated heterocycles. The number of hydrogen-bond donors (Lipinski definition) is 1. The van der Waals surface area contributed by atoms with Crippen LogP contribution in [0.5, 0.6) is 5.75 Å². The summed E-state index contributed by atoms with van der Waals surface area (Å²) in [5.74, 6) is 0.781. The lowest BCUT2D eigenvalue weighted by Crippen LogP contribution is -1.99. The van der Waals surface area contributed by atoms with E-state index in [1.54, 1.807) is 0 Å². The van der Waals surface area contributed by atoms with E-state index in [9.17, 15) is 0 Å². The molecule has 0 amide bonds. The van der Waals surface area contributed by atoms with Crippen molar-refractivity contribution in [2.75, 3.05) is 13.2 Å². The van der Waals surface area contributed by atoms with E-state index in [4.69, 9.17) is 9.84 Å². The molecule has 2 aromatic rings. The van der Waals surface area contributed by atoms with Crippen molar-refractivity contribution in [3.63, 3.8) is 0 Å². The molecule has 0 radical (unpaired) electrons. The van der Waals surface area contributed by atoms with E-state index in [-0.39, 0.29) is 6.61 Å². The highest BCUT2D eigenvalue weighted by Crippen LogP contribution is 2.22. The number of rotatable bonds is 17. The van der Waals surface area contributed by atoms with Gasteiger partial charge in [0, 0.05) is 13.0 Å². The fourth-order valence-electron chi connectivity index (χ4n) is 3.52. The molecule has 0 bridgehead atoms. The van der Waals surface area contributed by atoms with Gasteiger partial charge < -0.3 is 9.84 Å². The number of nitrogens with zero attached hydrogens (tertiary/aromatic N) is 2. The molecule has 0 aliphatic carbocycles. The number of aliphatic hydroxyl groups is 1. The van der Waals surface area contributed by atoms with Crippen molar-refractivity contribution in [3.8, 4) is 5.75 Å². The largest absolute Gasteiger partial charge is 0.494 e. The van der Waals surface area contributed by atoms with Gasteiger partial charge in [-0.05, 0) is 54.8 Å². The van der Waals surface area contributed by atoms with E-state index in [2.05, 4.69) is 29.3 Å². The Morgan fingerprint density at radius 2 is 1.16 bits per heavy atom. The molecule has 0 aromatic heterocycles. The maximum atomic E-state index is 8.79. The predicted molar refractivity (Wildman–Crippen MR) is 130 cm³/mol. The maximum absolute atomic E-state index is 8.79. The molecule has 0 spiro atoms. The molecule has 0 saturated carbocycles. The van der Waals surface area contributed by atoms with Crippen LogP contribution in [0, 0.1) is 0 Å². The first-order chi connectivity index (χ1) is 15.3. The van der Waals surface area contributed by atoms with Gasteiger partial charge in [-0.15, -0.1) is 0 Å². The zero-order valence-electron chi connectivity index (χ0n) is 19.3. The number of azo groups is 1. The minimum atomic E-state index is 0.143. The van der Waals surface area contributed by atoms with Gasteiger partial charge in [0.2, 0.25) is 0 Å². The van der Waals surface area contributed by atoms with Gasteiger partial charge in [0.05, 0.1) is 18.0 Å². The molecular weight excluding hydrogens is 384 g/mol. The molecule has 4 nitrogen and oxygen atoms in total. The summed E-state index contributed by atoms with van der Waals surface area (Å²) in [6.07, 6.45) is 15.5. The van der Waals surface area contributed by atoms with Gasteiger partial charge in [-0.1, -0.05) is 76.8 Å². The topological polar surface area (TPSA) is 54.2 Å². The monoisotopic (exact) mass is 424 g/mol. The Kier molecular flexibility index (Phi) is 13.3. The fraction of sp³-hybridized carbons (Fsp3) is 0.556. The fourth-order valence-corrected chi connectivity index (χ4v) is 3.52. The first-order valence-corrected chi connectivity index (χ1v) is 12.2. The summed E-state index contributed by atoms with van der Waals surface area (Å²) in [5, 5.41) is 17.4. The van der Waals surface area contributed by atoms with Crippen molar-refractivity contribution in [1.82, 2.24) is 0 Å². The van der Waals surface area contributed by atoms with Crippen molar-refractivity contribution < 1.29 is 9.84 Å². The van der Waals surface area contributed by atoms with Crippen LogP contribution < -0.4 is 4.74 Å². The van der Waals surface area contributed by atoms with Crippen LogP contribution in [0.2, 0.25) is 0 Å². The maximum Gasteiger partial charge on any atom is 0.119 e. The molecule has 0 atom stereocenters. The Bertz CT molecular complexity index is 711. The summed E-state index contributed by atoms with van der Waals surface area (Å²) < 4.78 is 5.52. The second-order valence-electron chi connectivity index (χ2n) is 8.22. The average molecular weight is 425 g/mol. The zero-order valence-corrected chi connectivity index (χ0v) is 19.3. The Balaban J connectivity index is 1.61. The van der Waals surface area contributed by atoms with E-state index in [0.717, 1.165) is 23.5 Å². The van der Waals surface area contributed by atoms with Gasteiger partial charge in [-0.25, -0.2) is 0 Å². The van der Waals surface area contributed by atoms with E-state index in [0.29, 0.717) is 13.0 Å². The van der Waals surface area contributed by atoms with Crippen LogP contribution in [0.25, 0.3) is 0 Å². The van der Waals surface area contributed by atoms with Crippen molar-refractivity contribution in [1.29, 1.82) is 0 Å². The molecule has 0 fully saturated rings. The molecule has 2 rings (SSSR count). The normalized spacial score (nSPS) is 11.3. The minimum Gasteiger partial charge on any atom is -0.494 e. The number of ether oxygens (including phenoxy) is 1. The number of benzene rings is 2. The third-order valence-electron chi connectivity index (χ3n) is 5.44. The lowest BCUT2D eigenvalue weighted by Gasteiger charge is -2.04. The van der Waals surface area contributed by atoms with Crippen LogP contribution in [-0.2, 0) is 6.42 Å². The highest BCUT2D eigenvalue weighted by atomic mass is 16.5. The highest BCUT2D eigenvalue weighted by molar-refractivity contribution is 5.43. The molecule has 1 N–H and O–H groups in total. The Morgan fingerprint density at radius 3 is 1.71 bits per heavy atom. The number of aliphatic hydroxyl groups excluding tert-OH is 1. The zero-order chi connectivity index (χ0) is 22.0. The van der Waals surface area contributed by atoms with Crippen molar-refractivity contribution >= 4 is 11.4 Å². The summed E-state index contributed by atoms with van der Waals surface area (Å²) in [7, 11) is 0. The summed E-state index contributed by atoms with van der Waals surface area (Å²) in [5.41, 5.74) is 3.04. The molecule has 0 heterocycles. The quantitative estimate of drug-likeness (QED) is 0.205. The molecule has 170 valence electrons. The third kappa shape index (κ3) is 11.7. The molecule has 0 aliphatic rings. The molecule has 0 aliphatic heterocycles. The Hall–Kier alpha value is -2.20. The van der Waals surface area contributed by atoms with Crippen LogP contribution in [0.15, 0.2) is 58.8 Å². The van der Waals surface area contributed by atoms with Gasteiger partial charge in [0.15, 0.2) is 0 Å². The second kappa shape index (κ2) is 16.5.